The largest absolute Gasteiger partial charge is 0.391 e. The van der Waals surface area contributed by atoms with Gasteiger partial charge in [0.1, 0.15) is 0 Å². The van der Waals surface area contributed by atoms with Gasteiger partial charge in [-0.15, -0.1) is 0 Å². The number of rotatable bonds is 4. The summed E-state index contributed by atoms with van der Waals surface area (Å²) in [5.74, 6) is -0.348. The second-order valence-electron chi connectivity index (χ2n) is 8.38. The maximum absolute atomic E-state index is 12.8. The smallest absolute Gasteiger partial charge is 0.316 e. The maximum Gasteiger partial charge on any atom is 0.316 e. The van der Waals surface area contributed by atoms with Crippen LogP contribution in [0.1, 0.15) is 28.0 Å². The van der Waals surface area contributed by atoms with Crippen molar-refractivity contribution in [2.24, 2.45) is 5.73 Å². The number of likely N-dealkylation sites (tertiary alicyclic amines) is 1. The van der Waals surface area contributed by atoms with Crippen molar-refractivity contribution >= 4 is 40.9 Å². The van der Waals surface area contributed by atoms with Gasteiger partial charge >= 0.3 is 6.03 Å². The fourth-order valence-electron chi connectivity index (χ4n) is 4.31. The van der Waals surface area contributed by atoms with Crippen molar-refractivity contribution in [3.05, 3.63) is 71.5 Å². The number of primary amides is 1. The highest BCUT2D eigenvalue weighted by Crippen LogP contribution is 2.35. The summed E-state index contributed by atoms with van der Waals surface area (Å²) in [5, 5.41) is 15.1. The van der Waals surface area contributed by atoms with E-state index in [2.05, 4.69) is 15.6 Å². The molecule has 0 aliphatic carbocycles. The molecule has 0 spiro atoms. The summed E-state index contributed by atoms with van der Waals surface area (Å²) in [5.41, 5.74) is 10.4. The topological polar surface area (TPSA) is 141 Å². The minimum Gasteiger partial charge on any atom is -0.391 e. The Labute approximate surface area is 195 Å². The number of H-pyrrole nitrogens is 1. The van der Waals surface area contributed by atoms with Gasteiger partial charge in [-0.3, -0.25) is 9.59 Å². The quantitative estimate of drug-likeness (QED) is 0.384. The van der Waals surface area contributed by atoms with Crippen LogP contribution in [0.5, 0.6) is 0 Å². The maximum atomic E-state index is 12.8. The molecule has 0 bridgehead atoms. The molecule has 3 heterocycles. The summed E-state index contributed by atoms with van der Waals surface area (Å²) in [6.07, 6.45) is 3.68. The average Bonchev–Trinajstić information content (AvgIpc) is 3.53. The molecule has 1 fully saturated rings. The zero-order valence-corrected chi connectivity index (χ0v) is 18.2. The lowest BCUT2D eigenvalue weighted by Crippen LogP contribution is -2.29. The number of β-amino-alcohol motifs (C(OH)–C–C–N with tert-alkyl or cyclic N) is 1. The van der Waals surface area contributed by atoms with Crippen molar-refractivity contribution in [3.8, 4) is 11.1 Å². The fourth-order valence-corrected chi connectivity index (χ4v) is 4.31. The van der Waals surface area contributed by atoms with Crippen molar-refractivity contribution in [1.29, 1.82) is 0 Å². The number of urea groups is 1. The first-order valence-electron chi connectivity index (χ1n) is 10.9. The third-order valence-corrected chi connectivity index (χ3v) is 5.97. The van der Waals surface area contributed by atoms with E-state index in [4.69, 9.17) is 5.73 Å². The van der Waals surface area contributed by atoms with Crippen molar-refractivity contribution in [3.63, 3.8) is 0 Å². The predicted octanol–water partition coefficient (Wildman–Crippen LogP) is 2.87. The van der Waals surface area contributed by atoms with E-state index in [-0.39, 0.29) is 11.8 Å². The summed E-state index contributed by atoms with van der Waals surface area (Å²) >= 11 is 0. The van der Waals surface area contributed by atoms with Crippen LogP contribution in [-0.4, -0.2) is 52.0 Å². The van der Waals surface area contributed by atoms with E-state index in [9.17, 15) is 19.5 Å². The van der Waals surface area contributed by atoms with Gasteiger partial charge in [0.25, 0.3) is 11.8 Å². The van der Waals surface area contributed by atoms with Crippen LogP contribution in [0.2, 0.25) is 0 Å². The summed E-state index contributed by atoms with van der Waals surface area (Å²) in [4.78, 5) is 41.3. The number of anilines is 2. The minimum atomic E-state index is -0.682. The van der Waals surface area contributed by atoms with E-state index in [1.165, 1.54) is 0 Å². The Kier molecular flexibility index (Phi) is 5.39. The number of carbonyl (C=O) groups is 3. The molecule has 1 atom stereocenters. The number of amides is 4. The lowest BCUT2D eigenvalue weighted by Gasteiger charge is -2.15. The molecule has 2 aromatic carbocycles. The van der Waals surface area contributed by atoms with E-state index >= 15 is 0 Å². The molecule has 2 aliphatic rings. The van der Waals surface area contributed by atoms with E-state index in [1.54, 1.807) is 35.2 Å². The van der Waals surface area contributed by atoms with Gasteiger partial charge in [-0.25, -0.2) is 4.79 Å². The minimum absolute atomic E-state index is 0.101. The number of benzene rings is 2. The molecule has 0 radical (unpaired) electrons. The Morgan fingerprint density at radius 3 is 2.76 bits per heavy atom. The Bertz CT molecular complexity index is 1340. The van der Waals surface area contributed by atoms with Crippen LogP contribution in [0, 0.1) is 0 Å². The highest BCUT2D eigenvalue weighted by molar-refractivity contribution is 6.35. The molecule has 9 heteroatoms. The number of nitrogens with one attached hydrogen (secondary N) is 3. The molecule has 172 valence electrons. The fraction of sp³-hybridized carbons (Fsp3) is 0.160. The Hall–Kier alpha value is -4.37. The zero-order chi connectivity index (χ0) is 23.8. The highest BCUT2D eigenvalue weighted by atomic mass is 16.3. The Morgan fingerprint density at radius 1 is 1.15 bits per heavy atom. The second-order valence-corrected chi connectivity index (χ2v) is 8.38. The van der Waals surface area contributed by atoms with Crippen molar-refractivity contribution in [1.82, 2.24) is 9.88 Å². The lowest BCUT2D eigenvalue weighted by atomic mass is 10.0. The summed E-state index contributed by atoms with van der Waals surface area (Å²) in [6, 6.07) is 13.6. The van der Waals surface area contributed by atoms with Gasteiger partial charge in [0.05, 0.1) is 11.7 Å². The van der Waals surface area contributed by atoms with Crippen LogP contribution in [0.25, 0.3) is 22.8 Å². The summed E-state index contributed by atoms with van der Waals surface area (Å²) < 4.78 is 0. The van der Waals surface area contributed by atoms with Crippen molar-refractivity contribution < 1.29 is 19.5 Å². The van der Waals surface area contributed by atoms with Crippen LogP contribution >= 0.6 is 0 Å². The molecule has 6 N–H and O–H groups in total. The number of aromatic nitrogens is 1. The van der Waals surface area contributed by atoms with Crippen LogP contribution in [0.3, 0.4) is 0 Å². The first kappa shape index (κ1) is 21.5. The number of aliphatic hydroxyl groups is 1. The van der Waals surface area contributed by atoms with Gasteiger partial charge in [0.15, 0.2) is 0 Å². The standard InChI is InChI=1S/C25H23N5O4/c26-25(34)28-17-4-5-22-20(10-17)21(23(32)29-22)11-18-9-16(12-27-18)14-2-1-3-15(8-14)24(33)30-7-6-19(31)13-30/h1-5,8-12,19,27,31H,6-7,13H2,(H,29,32)(H3,26,28,34)/b21-11-. The summed E-state index contributed by atoms with van der Waals surface area (Å²) in [6.45, 7) is 0.900. The molecule has 1 unspecified atom stereocenters. The zero-order valence-electron chi connectivity index (χ0n) is 18.2. The van der Waals surface area contributed by atoms with Gasteiger partial charge < -0.3 is 31.4 Å². The SMILES string of the molecule is NC(=O)Nc1ccc2c(c1)/C(=C/c1cc(-c3cccc(C(=O)N4CCC(O)C4)c3)c[nH]1)C(=O)N2. The first-order valence-corrected chi connectivity index (χ1v) is 10.9. The number of hydrogen-bond donors (Lipinski definition) is 5. The van der Waals surface area contributed by atoms with E-state index in [1.807, 2.05) is 30.5 Å². The van der Waals surface area contributed by atoms with Crippen molar-refractivity contribution in [2.45, 2.75) is 12.5 Å². The van der Waals surface area contributed by atoms with Gasteiger partial charge in [-0.05, 0) is 60.0 Å². The number of nitrogens with two attached hydrogens (primary N) is 1. The highest BCUT2D eigenvalue weighted by Gasteiger charge is 2.26. The molecule has 0 saturated carbocycles. The molecule has 2 aliphatic heterocycles. The van der Waals surface area contributed by atoms with Crippen LogP contribution in [-0.2, 0) is 4.79 Å². The van der Waals surface area contributed by atoms with Gasteiger partial charge in [-0.2, -0.15) is 0 Å². The number of carbonyl (C=O) groups excluding carboxylic acids is 3. The third kappa shape index (κ3) is 4.16. The normalized spacial score (nSPS) is 18.1. The lowest BCUT2D eigenvalue weighted by molar-refractivity contribution is -0.110. The molecule has 4 amide bonds. The third-order valence-electron chi connectivity index (χ3n) is 5.97. The molecule has 3 aromatic rings. The Morgan fingerprint density at radius 2 is 2.00 bits per heavy atom. The number of aromatic amines is 1. The second kappa shape index (κ2) is 8.53. The Balaban J connectivity index is 1.41. The van der Waals surface area contributed by atoms with Gasteiger partial charge in [0.2, 0.25) is 0 Å². The average molecular weight is 457 g/mol. The van der Waals surface area contributed by atoms with Crippen LogP contribution < -0.4 is 16.4 Å². The molecular formula is C25H23N5O4. The molecule has 5 rings (SSSR count). The number of nitrogens with zero attached hydrogens (tertiary/aromatic N) is 1. The number of aliphatic hydroxyl groups excluding tert-OH is 1. The van der Waals surface area contributed by atoms with Crippen LogP contribution in [0.15, 0.2) is 54.7 Å². The molecular weight excluding hydrogens is 434 g/mol. The first-order chi connectivity index (χ1) is 16.4. The number of hydrogen-bond acceptors (Lipinski definition) is 4. The molecule has 1 saturated heterocycles. The molecule has 1 aromatic heterocycles. The summed E-state index contributed by atoms with van der Waals surface area (Å²) in [7, 11) is 0. The van der Waals surface area contributed by atoms with Crippen LogP contribution in [0.4, 0.5) is 16.2 Å². The number of fused-ring (bicyclic) bond motifs is 1. The van der Waals surface area contributed by atoms with E-state index < -0.39 is 12.1 Å². The van der Waals surface area contributed by atoms with Crippen molar-refractivity contribution in [2.75, 3.05) is 23.7 Å². The molecule has 9 nitrogen and oxygen atoms in total. The monoisotopic (exact) mass is 457 g/mol. The van der Waals surface area contributed by atoms with Gasteiger partial charge in [0, 0.05) is 47.5 Å². The predicted molar refractivity (Wildman–Crippen MR) is 129 cm³/mol. The van der Waals surface area contributed by atoms with Gasteiger partial charge in [-0.1, -0.05) is 12.1 Å². The van der Waals surface area contributed by atoms with E-state index in [0.717, 1.165) is 11.1 Å². The van der Waals surface area contributed by atoms with E-state index in [0.29, 0.717) is 53.3 Å². The molecule has 34 heavy (non-hydrogen) atoms.